The zero-order valence-electron chi connectivity index (χ0n) is 38.9. The van der Waals surface area contributed by atoms with Gasteiger partial charge in [0, 0.05) is 12.4 Å². The molecule has 12 nitrogen and oxygen atoms in total. The van der Waals surface area contributed by atoms with Crippen LogP contribution in [-0.2, 0) is 19.1 Å². The quantitative estimate of drug-likeness (QED) is 0.0842. The second-order valence-corrected chi connectivity index (χ2v) is 17.7. The normalized spacial score (nSPS) is 22.9. The van der Waals surface area contributed by atoms with Crippen LogP contribution in [0.15, 0.2) is 97.2 Å². The molecule has 2 aromatic heterocycles. The van der Waals surface area contributed by atoms with Crippen molar-refractivity contribution in [3.05, 3.63) is 166 Å². The molecule has 4 aromatic carbocycles. The lowest BCUT2D eigenvalue weighted by atomic mass is 10.0. The molecule has 6 aromatic rings. The van der Waals surface area contributed by atoms with Crippen LogP contribution in [0, 0.1) is 48.8 Å². The lowest BCUT2D eigenvalue weighted by molar-refractivity contribution is -0.145. The van der Waals surface area contributed by atoms with Crippen LogP contribution in [-0.4, -0.2) is 79.2 Å². The molecule has 0 unspecified atom stereocenters. The zero-order chi connectivity index (χ0) is 49.7. The molecule has 4 aliphatic heterocycles. The number of morpholine rings is 2. The van der Waals surface area contributed by atoms with E-state index in [1.165, 1.54) is 0 Å². The lowest BCUT2D eigenvalue weighted by Gasteiger charge is -2.39. The van der Waals surface area contributed by atoms with Crippen molar-refractivity contribution in [3.63, 3.8) is 0 Å². The number of aryl methyl sites for hydroxylation is 2. The Balaban J connectivity index is 0.000000174. The standard InChI is InChI=1S/2C26H24F3N3O3/c2*1-14-12-31(13-30-14)22-5-4-16(8-23(22)34-3)9-24-26(33)32-20(15(2)35-24)6-7-21(32)17-10-18(27)25(29)19(28)11-17/h2*4-5,8-13,15,20-21H,6-7H2,1-3H3/b2*24-9-/t15-,20+,21-;15-,20-,21+/m01/s1. The molecule has 70 heavy (non-hydrogen) atoms. The molecule has 0 spiro atoms. The number of imidazole rings is 2. The van der Waals surface area contributed by atoms with Crippen molar-refractivity contribution in [2.75, 3.05) is 14.2 Å². The Hall–Kier alpha value is -7.50. The molecule has 6 heterocycles. The highest BCUT2D eigenvalue weighted by molar-refractivity contribution is 5.98. The van der Waals surface area contributed by atoms with E-state index >= 15 is 0 Å². The highest BCUT2D eigenvalue weighted by Gasteiger charge is 2.48. The highest BCUT2D eigenvalue weighted by Crippen LogP contribution is 2.45. The summed E-state index contributed by atoms with van der Waals surface area (Å²) in [6, 6.07) is 13.2. The number of carbonyl (C=O) groups excluding carboxylic acids is 2. The number of methoxy groups -OCH3 is 2. The molecule has 18 heteroatoms. The van der Waals surface area contributed by atoms with Gasteiger partial charge in [0.1, 0.15) is 23.7 Å². The van der Waals surface area contributed by atoms with Crippen molar-refractivity contribution in [2.45, 2.75) is 89.8 Å². The number of halogens is 6. The van der Waals surface area contributed by atoms with Gasteiger partial charge in [-0.05, 0) is 136 Å². The predicted octanol–water partition coefficient (Wildman–Crippen LogP) is 10.2. The Kier molecular flexibility index (Phi) is 13.0. The zero-order valence-corrected chi connectivity index (χ0v) is 38.9. The molecule has 0 aliphatic carbocycles. The van der Waals surface area contributed by atoms with Gasteiger partial charge >= 0.3 is 0 Å². The average Bonchev–Trinajstić information content (AvgIpc) is 4.18. The Morgan fingerprint density at radius 2 is 0.943 bits per heavy atom. The molecule has 0 saturated carbocycles. The summed E-state index contributed by atoms with van der Waals surface area (Å²) in [5, 5.41) is 0. The molecule has 4 fully saturated rings. The van der Waals surface area contributed by atoms with Gasteiger partial charge in [-0.15, -0.1) is 0 Å². The number of fused-ring (bicyclic) bond motifs is 2. The van der Waals surface area contributed by atoms with E-state index in [9.17, 15) is 35.9 Å². The van der Waals surface area contributed by atoms with Gasteiger partial charge in [0.15, 0.2) is 46.4 Å². The van der Waals surface area contributed by atoms with E-state index in [1.807, 2.05) is 73.5 Å². The van der Waals surface area contributed by atoms with Crippen LogP contribution in [0.4, 0.5) is 26.3 Å². The molecule has 364 valence electrons. The minimum absolute atomic E-state index is 0.122. The maximum absolute atomic E-state index is 13.9. The molecule has 2 amide bonds. The van der Waals surface area contributed by atoms with Crippen molar-refractivity contribution in [2.24, 2.45) is 0 Å². The summed E-state index contributed by atoms with van der Waals surface area (Å²) in [7, 11) is 3.12. The summed E-state index contributed by atoms with van der Waals surface area (Å²) in [4.78, 5) is 38.6. The summed E-state index contributed by atoms with van der Waals surface area (Å²) >= 11 is 0. The first-order valence-electron chi connectivity index (χ1n) is 22.6. The van der Waals surface area contributed by atoms with Crippen molar-refractivity contribution < 1.29 is 54.9 Å². The molecule has 4 aliphatic rings. The number of carbonyl (C=O) groups is 2. The van der Waals surface area contributed by atoms with Gasteiger partial charge in [-0.3, -0.25) is 9.59 Å². The molecular weight excluding hydrogens is 919 g/mol. The Bertz CT molecular complexity index is 2830. The van der Waals surface area contributed by atoms with Crippen LogP contribution in [0.5, 0.6) is 11.5 Å². The van der Waals surface area contributed by atoms with E-state index < -0.39 is 47.0 Å². The van der Waals surface area contributed by atoms with Crippen LogP contribution < -0.4 is 9.47 Å². The van der Waals surface area contributed by atoms with Gasteiger partial charge in [0.05, 0.1) is 73.8 Å². The molecule has 0 bridgehead atoms. The average molecular weight is 967 g/mol. The van der Waals surface area contributed by atoms with Gasteiger partial charge in [0.25, 0.3) is 11.8 Å². The fraction of sp³-hybridized carbons (Fsp3) is 0.308. The topological polar surface area (TPSA) is 113 Å². The lowest BCUT2D eigenvalue weighted by Crippen LogP contribution is -2.49. The fourth-order valence-corrected chi connectivity index (χ4v) is 9.88. The minimum Gasteiger partial charge on any atom is -0.495 e. The molecule has 0 radical (unpaired) electrons. The number of rotatable bonds is 8. The molecule has 4 saturated heterocycles. The van der Waals surface area contributed by atoms with Crippen molar-refractivity contribution >= 4 is 24.0 Å². The van der Waals surface area contributed by atoms with Crippen LogP contribution in [0.2, 0.25) is 0 Å². The minimum atomic E-state index is -1.52. The summed E-state index contributed by atoms with van der Waals surface area (Å²) < 4.78 is 109. The number of aromatic nitrogens is 4. The Labute approximate surface area is 399 Å². The van der Waals surface area contributed by atoms with Gasteiger partial charge in [-0.2, -0.15) is 0 Å². The number of ether oxygens (including phenoxy) is 4. The van der Waals surface area contributed by atoms with E-state index in [0.29, 0.717) is 48.3 Å². The van der Waals surface area contributed by atoms with E-state index in [1.54, 1.807) is 61.0 Å². The molecule has 0 N–H and O–H groups in total. The van der Waals surface area contributed by atoms with E-state index in [4.69, 9.17) is 18.9 Å². The SMILES string of the molecule is COc1cc(/C=C2\O[C@@H](C)[C@H]3CC[C@@H](c4cc(F)c(F)c(F)c4)N3C2=O)ccc1-n1cnc(C)c1.COc1cc(/C=C2\O[C@H](C)[C@H]3CC[C@@H](c4cc(F)c(F)c(F)c4)N3C2=O)ccc1-n1cnc(C)c1. The summed E-state index contributed by atoms with van der Waals surface area (Å²) in [5.41, 5.74) is 5.14. The maximum Gasteiger partial charge on any atom is 0.289 e. The summed E-state index contributed by atoms with van der Waals surface area (Å²) in [6.07, 6.45) is 11.9. The Morgan fingerprint density at radius 3 is 1.27 bits per heavy atom. The highest BCUT2D eigenvalue weighted by atomic mass is 19.2. The van der Waals surface area contributed by atoms with Gasteiger partial charge < -0.3 is 37.9 Å². The fourth-order valence-electron chi connectivity index (χ4n) is 9.88. The van der Waals surface area contributed by atoms with E-state index in [2.05, 4.69) is 9.97 Å². The van der Waals surface area contributed by atoms with E-state index in [0.717, 1.165) is 47.0 Å². The third kappa shape index (κ3) is 8.97. The van der Waals surface area contributed by atoms with Crippen molar-refractivity contribution in [1.82, 2.24) is 28.9 Å². The number of hydrogen-bond acceptors (Lipinski definition) is 8. The maximum atomic E-state index is 13.9. The first kappa shape index (κ1) is 47.6. The predicted molar refractivity (Wildman–Crippen MR) is 245 cm³/mol. The summed E-state index contributed by atoms with van der Waals surface area (Å²) in [5.74, 6) is -7.47. The number of nitrogens with zero attached hydrogens (tertiary/aromatic N) is 6. The number of benzene rings is 4. The first-order valence-corrected chi connectivity index (χ1v) is 22.6. The first-order chi connectivity index (χ1) is 33.5. The third-order valence-corrected chi connectivity index (χ3v) is 13.2. The second kappa shape index (κ2) is 19.1. The van der Waals surface area contributed by atoms with Gasteiger partial charge in [-0.1, -0.05) is 12.1 Å². The second-order valence-electron chi connectivity index (χ2n) is 17.7. The third-order valence-electron chi connectivity index (χ3n) is 13.2. The van der Waals surface area contributed by atoms with Crippen LogP contribution in [0.1, 0.15) is 85.3 Å². The van der Waals surface area contributed by atoms with E-state index in [-0.39, 0.29) is 58.8 Å². The smallest absolute Gasteiger partial charge is 0.289 e. The van der Waals surface area contributed by atoms with Crippen molar-refractivity contribution in [1.29, 1.82) is 0 Å². The van der Waals surface area contributed by atoms with Crippen molar-refractivity contribution in [3.8, 4) is 22.9 Å². The Morgan fingerprint density at radius 1 is 0.571 bits per heavy atom. The molecule has 6 atom stereocenters. The van der Waals surface area contributed by atoms with Crippen LogP contribution >= 0.6 is 0 Å². The van der Waals surface area contributed by atoms with Crippen LogP contribution in [0.3, 0.4) is 0 Å². The van der Waals surface area contributed by atoms with Gasteiger partial charge in [0.2, 0.25) is 0 Å². The number of amides is 2. The molecular formula is C52H48F6N6O6. The molecule has 10 rings (SSSR count). The summed E-state index contributed by atoms with van der Waals surface area (Å²) in [6.45, 7) is 7.50. The number of hydrogen-bond donors (Lipinski definition) is 0. The monoisotopic (exact) mass is 966 g/mol. The largest absolute Gasteiger partial charge is 0.495 e. The van der Waals surface area contributed by atoms with Gasteiger partial charge in [-0.25, -0.2) is 36.3 Å². The van der Waals surface area contributed by atoms with Crippen LogP contribution in [0.25, 0.3) is 23.5 Å².